The fraction of sp³-hybridized carbons (Fsp3) is 0.333. The molecule has 0 saturated carbocycles. The Labute approximate surface area is 82.1 Å². The normalized spacial score (nSPS) is 14.0. The quantitative estimate of drug-likeness (QED) is 0.768. The SMILES string of the molecule is OC(c1ccc(F)c(CF)c1)C(F)(F)F. The summed E-state index contributed by atoms with van der Waals surface area (Å²) in [5.41, 5.74) is -1.08. The molecule has 0 spiro atoms. The third-order valence-corrected chi connectivity index (χ3v) is 1.84. The molecular formula is C9H7F5O. The molecule has 0 amide bonds. The van der Waals surface area contributed by atoms with Crippen LogP contribution in [-0.2, 0) is 6.67 Å². The van der Waals surface area contributed by atoms with Gasteiger partial charge in [0.25, 0.3) is 0 Å². The van der Waals surface area contributed by atoms with Crippen LogP contribution in [-0.4, -0.2) is 11.3 Å². The average Bonchev–Trinajstić information content (AvgIpc) is 2.16. The van der Waals surface area contributed by atoms with Gasteiger partial charge in [-0.25, -0.2) is 8.78 Å². The third-order valence-electron chi connectivity index (χ3n) is 1.84. The predicted octanol–water partition coefficient (Wildman–Crippen LogP) is 2.89. The maximum Gasteiger partial charge on any atom is 0.418 e. The minimum Gasteiger partial charge on any atom is -0.379 e. The molecule has 1 aromatic carbocycles. The number of rotatable bonds is 2. The van der Waals surface area contributed by atoms with Crippen molar-refractivity contribution in [3.8, 4) is 0 Å². The highest BCUT2D eigenvalue weighted by Gasteiger charge is 2.39. The first-order valence-electron chi connectivity index (χ1n) is 3.95. The van der Waals surface area contributed by atoms with E-state index in [0.29, 0.717) is 12.1 Å². The highest BCUT2D eigenvalue weighted by atomic mass is 19.4. The van der Waals surface area contributed by atoms with Gasteiger partial charge in [-0.1, -0.05) is 6.07 Å². The van der Waals surface area contributed by atoms with E-state index in [1.54, 1.807) is 0 Å². The Balaban J connectivity index is 3.06. The van der Waals surface area contributed by atoms with Gasteiger partial charge in [0.05, 0.1) is 0 Å². The minimum atomic E-state index is -4.84. The van der Waals surface area contributed by atoms with Gasteiger partial charge in [-0.05, 0) is 17.7 Å². The molecule has 1 rings (SSSR count). The van der Waals surface area contributed by atoms with E-state index in [1.165, 1.54) is 0 Å². The number of halogens is 5. The molecule has 0 aliphatic heterocycles. The second-order valence-electron chi connectivity index (χ2n) is 2.93. The molecule has 0 aromatic heterocycles. The molecule has 1 aromatic rings. The van der Waals surface area contributed by atoms with E-state index in [2.05, 4.69) is 0 Å². The van der Waals surface area contributed by atoms with Crippen molar-refractivity contribution in [3.63, 3.8) is 0 Å². The zero-order valence-corrected chi connectivity index (χ0v) is 7.35. The number of benzene rings is 1. The molecule has 0 saturated heterocycles. The molecule has 0 aliphatic rings. The number of alkyl halides is 4. The summed E-state index contributed by atoms with van der Waals surface area (Å²) in [7, 11) is 0. The lowest BCUT2D eigenvalue weighted by Gasteiger charge is -2.15. The zero-order chi connectivity index (χ0) is 11.6. The van der Waals surface area contributed by atoms with Crippen LogP contribution < -0.4 is 0 Å². The van der Waals surface area contributed by atoms with Gasteiger partial charge in [0.2, 0.25) is 0 Å². The van der Waals surface area contributed by atoms with Gasteiger partial charge in [-0.3, -0.25) is 0 Å². The van der Waals surface area contributed by atoms with Crippen molar-refractivity contribution in [2.24, 2.45) is 0 Å². The first-order valence-corrected chi connectivity index (χ1v) is 3.95. The summed E-state index contributed by atoms with van der Waals surface area (Å²) in [6.45, 7) is -1.22. The summed E-state index contributed by atoms with van der Waals surface area (Å²) in [5.74, 6) is -0.935. The molecule has 84 valence electrons. The topological polar surface area (TPSA) is 20.2 Å². The summed E-state index contributed by atoms with van der Waals surface area (Å²) in [6, 6.07) is 2.12. The van der Waals surface area contributed by atoms with Crippen molar-refractivity contribution >= 4 is 0 Å². The molecular weight excluding hydrogens is 219 g/mol. The first-order chi connectivity index (χ1) is 6.86. The Kier molecular flexibility index (Phi) is 3.28. The predicted molar refractivity (Wildman–Crippen MR) is 42.2 cm³/mol. The summed E-state index contributed by atoms with van der Waals surface area (Å²) >= 11 is 0. The lowest BCUT2D eigenvalue weighted by Crippen LogP contribution is -2.20. The van der Waals surface area contributed by atoms with E-state index >= 15 is 0 Å². The van der Waals surface area contributed by atoms with Crippen LogP contribution in [0.1, 0.15) is 17.2 Å². The maximum absolute atomic E-state index is 12.7. The molecule has 0 radical (unpaired) electrons. The van der Waals surface area contributed by atoms with Crippen molar-refractivity contribution in [1.82, 2.24) is 0 Å². The first kappa shape index (κ1) is 11.9. The summed E-state index contributed by atoms with van der Waals surface area (Å²) in [5, 5.41) is 8.80. The van der Waals surface area contributed by atoms with E-state index in [0.717, 1.165) is 6.07 Å². The molecule has 0 fully saturated rings. The van der Waals surface area contributed by atoms with Crippen LogP contribution in [0.25, 0.3) is 0 Å². The van der Waals surface area contributed by atoms with Crippen molar-refractivity contribution in [3.05, 3.63) is 35.1 Å². The number of aliphatic hydroxyl groups is 1. The number of aliphatic hydroxyl groups excluding tert-OH is 1. The Morgan fingerprint density at radius 3 is 2.33 bits per heavy atom. The smallest absolute Gasteiger partial charge is 0.379 e. The van der Waals surface area contributed by atoms with Crippen molar-refractivity contribution in [1.29, 1.82) is 0 Å². The fourth-order valence-electron chi connectivity index (χ4n) is 1.06. The number of hydrogen-bond donors (Lipinski definition) is 1. The molecule has 0 aliphatic carbocycles. The standard InChI is InChI=1S/C9H7F5O/c10-4-6-3-5(1-2-7(6)11)8(15)9(12,13)14/h1-3,8,15H,4H2. The Morgan fingerprint density at radius 2 is 1.87 bits per heavy atom. The maximum atomic E-state index is 12.7. The molecule has 1 N–H and O–H groups in total. The zero-order valence-electron chi connectivity index (χ0n) is 7.35. The van der Waals surface area contributed by atoms with Gasteiger partial charge in [-0.15, -0.1) is 0 Å². The molecule has 0 heterocycles. The average molecular weight is 226 g/mol. The van der Waals surface area contributed by atoms with Crippen LogP contribution in [0.15, 0.2) is 18.2 Å². The van der Waals surface area contributed by atoms with Gasteiger partial charge in [0, 0.05) is 5.56 Å². The van der Waals surface area contributed by atoms with Gasteiger partial charge in [-0.2, -0.15) is 13.2 Å². The Bertz CT molecular complexity index is 347. The lowest BCUT2D eigenvalue weighted by molar-refractivity contribution is -0.206. The number of hydrogen-bond acceptors (Lipinski definition) is 1. The van der Waals surface area contributed by atoms with Crippen LogP contribution in [0.5, 0.6) is 0 Å². The van der Waals surface area contributed by atoms with Gasteiger partial charge in [0.1, 0.15) is 12.5 Å². The van der Waals surface area contributed by atoms with Crippen LogP contribution in [0.3, 0.4) is 0 Å². The monoisotopic (exact) mass is 226 g/mol. The van der Waals surface area contributed by atoms with E-state index in [9.17, 15) is 22.0 Å². The van der Waals surface area contributed by atoms with E-state index < -0.39 is 35.9 Å². The molecule has 0 bridgehead atoms. The van der Waals surface area contributed by atoms with E-state index in [-0.39, 0.29) is 0 Å². The molecule has 1 nitrogen and oxygen atoms in total. The highest BCUT2D eigenvalue weighted by molar-refractivity contribution is 5.27. The summed E-state index contributed by atoms with van der Waals surface area (Å²) in [4.78, 5) is 0. The third kappa shape index (κ3) is 2.65. The van der Waals surface area contributed by atoms with Crippen molar-refractivity contribution < 1.29 is 27.1 Å². The van der Waals surface area contributed by atoms with Gasteiger partial charge in [0.15, 0.2) is 6.10 Å². The van der Waals surface area contributed by atoms with E-state index in [1.807, 2.05) is 0 Å². The van der Waals surface area contributed by atoms with Crippen LogP contribution >= 0.6 is 0 Å². The second kappa shape index (κ2) is 4.14. The molecule has 1 atom stereocenters. The van der Waals surface area contributed by atoms with Crippen LogP contribution in [0, 0.1) is 5.82 Å². The van der Waals surface area contributed by atoms with Crippen LogP contribution in [0.4, 0.5) is 22.0 Å². The molecule has 1 unspecified atom stereocenters. The Hall–Kier alpha value is -1.17. The largest absolute Gasteiger partial charge is 0.418 e. The van der Waals surface area contributed by atoms with Gasteiger partial charge >= 0.3 is 6.18 Å². The van der Waals surface area contributed by atoms with Crippen molar-refractivity contribution in [2.75, 3.05) is 0 Å². The summed E-state index contributed by atoms with van der Waals surface area (Å²) in [6.07, 6.45) is -7.56. The van der Waals surface area contributed by atoms with Crippen LogP contribution in [0.2, 0.25) is 0 Å². The van der Waals surface area contributed by atoms with Gasteiger partial charge < -0.3 is 5.11 Å². The summed E-state index contributed by atoms with van der Waals surface area (Å²) < 4.78 is 61.0. The Morgan fingerprint density at radius 1 is 1.27 bits per heavy atom. The van der Waals surface area contributed by atoms with Crippen molar-refractivity contribution in [2.45, 2.75) is 19.0 Å². The lowest BCUT2D eigenvalue weighted by atomic mass is 10.1. The minimum absolute atomic E-state index is 0.504. The highest BCUT2D eigenvalue weighted by Crippen LogP contribution is 2.33. The van der Waals surface area contributed by atoms with E-state index in [4.69, 9.17) is 5.11 Å². The molecule has 15 heavy (non-hydrogen) atoms. The molecule has 6 heteroatoms. The fourth-order valence-corrected chi connectivity index (χ4v) is 1.06. The second-order valence-corrected chi connectivity index (χ2v) is 2.93.